The number of ether oxygens (including phenoxy) is 2. The maximum Gasteiger partial charge on any atom is 0.231 e. The summed E-state index contributed by atoms with van der Waals surface area (Å²) in [7, 11) is 1.79. The predicted molar refractivity (Wildman–Crippen MR) is 117 cm³/mol. The van der Waals surface area contributed by atoms with Crippen LogP contribution in [-0.4, -0.2) is 24.2 Å². The van der Waals surface area contributed by atoms with Gasteiger partial charge in [-0.15, -0.1) is 11.3 Å². The summed E-state index contributed by atoms with van der Waals surface area (Å²) in [5, 5.41) is 9.43. The molecular formula is C23H19N3O2S. The first-order valence-corrected chi connectivity index (χ1v) is 10.2. The normalized spacial score (nSPS) is 14.0. The van der Waals surface area contributed by atoms with Crippen LogP contribution in [0.2, 0.25) is 0 Å². The highest BCUT2D eigenvalue weighted by Crippen LogP contribution is 2.33. The molecule has 0 atom stereocenters. The topological polar surface area (TPSA) is 48.1 Å². The Kier molecular flexibility index (Phi) is 4.41. The van der Waals surface area contributed by atoms with E-state index in [-0.39, 0.29) is 6.79 Å². The van der Waals surface area contributed by atoms with Crippen LogP contribution in [0.1, 0.15) is 12.5 Å². The lowest BCUT2D eigenvalue weighted by Crippen LogP contribution is -2.13. The van der Waals surface area contributed by atoms with Crippen LogP contribution < -0.4 is 14.3 Å². The molecular weight excluding hydrogens is 382 g/mol. The maximum absolute atomic E-state index is 5.51. The van der Waals surface area contributed by atoms with Crippen molar-refractivity contribution >= 4 is 27.8 Å². The van der Waals surface area contributed by atoms with Crippen LogP contribution in [0.3, 0.4) is 0 Å². The molecule has 0 unspecified atom stereocenters. The van der Waals surface area contributed by atoms with E-state index < -0.39 is 0 Å². The highest BCUT2D eigenvalue weighted by atomic mass is 32.1. The van der Waals surface area contributed by atoms with E-state index in [1.807, 2.05) is 29.8 Å². The molecule has 0 saturated heterocycles. The molecule has 144 valence electrons. The van der Waals surface area contributed by atoms with E-state index >= 15 is 0 Å². The van der Waals surface area contributed by atoms with Crippen molar-refractivity contribution in [2.45, 2.75) is 6.92 Å². The lowest BCUT2D eigenvalue weighted by Gasteiger charge is -2.09. The zero-order valence-electron chi connectivity index (χ0n) is 16.1. The predicted octanol–water partition coefficient (Wildman–Crippen LogP) is 4.90. The molecule has 1 aliphatic rings. The lowest BCUT2D eigenvalue weighted by molar-refractivity contribution is 0.174. The van der Waals surface area contributed by atoms with Crippen molar-refractivity contribution in [2.75, 3.05) is 13.8 Å². The Morgan fingerprint density at radius 1 is 1.00 bits per heavy atom. The summed E-state index contributed by atoms with van der Waals surface area (Å²) in [6.07, 6.45) is 0. The van der Waals surface area contributed by atoms with E-state index in [2.05, 4.69) is 52.8 Å². The average Bonchev–Trinajstić information content (AvgIpc) is 3.39. The lowest BCUT2D eigenvalue weighted by atomic mass is 10.0. The minimum absolute atomic E-state index is 0.262. The molecule has 6 heteroatoms. The van der Waals surface area contributed by atoms with Gasteiger partial charge in [0.2, 0.25) is 11.6 Å². The highest BCUT2D eigenvalue weighted by Gasteiger charge is 2.15. The van der Waals surface area contributed by atoms with Gasteiger partial charge in [-0.2, -0.15) is 5.10 Å². The van der Waals surface area contributed by atoms with Crippen molar-refractivity contribution < 1.29 is 9.47 Å². The van der Waals surface area contributed by atoms with Gasteiger partial charge >= 0.3 is 0 Å². The number of hydrogen-bond donors (Lipinski definition) is 0. The smallest absolute Gasteiger partial charge is 0.231 e. The molecule has 0 aliphatic carbocycles. The number of rotatable bonds is 3. The molecule has 3 aromatic carbocycles. The Labute approximate surface area is 172 Å². The van der Waals surface area contributed by atoms with Crippen LogP contribution in [0, 0.1) is 0 Å². The van der Waals surface area contributed by atoms with Gasteiger partial charge in [-0.3, -0.25) is 4.99 Å². The molecule has 2 heterocycles. The van der Waals surface area contributed by atoms with Gasteiger partial charge in [0.15, 0.2) is 11.5 Å². The summed E-state index contributed by atoms with van der Waals surface area (Å²) in [6, 6.07) is 20.6. The molecule has 0 radical (unpaired) electrons. The van der Waals surface area contributed by atoms with Crippen molar-refractivity contribution in [2.24, 2.45) is 10.1 Å². The zero-order valence-corrected chi connectivity index (χ0v) is 16.9. The fourth-order valence-electron chi connectivity index (χ4n) is 3.51. The molecule has 4 aromatic rings. The third kappa shape index (κ3) is 3.11. The van der Waals surface area contributed by atoms with E-state index in [9.17, 15) is 0 Å². The summed E-state index contributed by atoms with van der Waals surface area (Å²) in [5.74, 6) is 1.52. The number of thiazole rings is 1. The van der Waals surface area contributed by atoms with Gasteiger partial charge in [0.1, 0.15) is 0 Å². The van der Waals surface area contributed by atoms with Crippen molar-refractivity contribution in [3.05, 3.63) is 76.4 Å². The number of aromatic nitrogens is 1. The molecule has 1 aliphatic heterocycles. The molecule has 5 rings (SSSR count). The minimum atomic E-state index is 0.262. The molecule has 0 amide bonds. The van der Waals surface area contributed by atoms with Crippen molar-refractivity contribution in [3.63, 3.8) is 0 Å². The molecule has 0 fully saturated rings. The van der Waals surface area contributed by atoms with Crippen LogP contribution in [0.4, 0.5) is 0 Å². The molecule has 0 N–H and O–H groups in total. The second-order valence-corrected chi connectivity index (χ2v) is 7.56. The van der Waals surface area contributed by atoms with Crippen LogP contribution in [0.25, 0.3) is 22.0 Å². The van der Waals surface area contributed by atoms with Crippen LogP contribution in [-0.2, 0) is 0 Å². The van der Waals surface area contributed by atoms with Gasteiger partial charge in [-0.1, -0.05) is 42.5 Å². The van der Waals surface area contributed by atoms with Crippen LogP contribution in [0.5, 0.6) is 11.5 Å². The highest BCUT2D eigenvalue weighted by molar-refractivity contribution is 7.07. The summed E-state index contributed by atoms with van der Waals surface area (Å²) in [4.78, 5) is 5.27. The average molecular weight is 401 g/mol. The number of hydrogen-bond acceptors (Lipinski definition) is 5. The first kappa shape index (κ1) is 17.7. The first-order valence-electron chi connectivity index (χ1n) is 9.32. The van der Waals surface area contributed by atoms with Crippen molar-refractivity contribution in [1.29, 1.82) is 0 Å². The molecule has 5 nitrogen and oxygen atoms in total. The molecule has 0 spiro atoms. The van der Waals surface area contributed by atoms with E-state index in [0.717, 1.165) is 38.8 Å². The first-order chi connectivity index (χ1) is 14.2. The SMILES string of the molecule is CN=c1scc(-c2cccc3ccccc23)n1N=C(C)c1ccc2c(c1)OCO2. The minimum Gasteiger partial charge on any atom is -0.454 e. The number of benzene rings is 3. The Morgan fingerprint density at radius 3 is 2.72 bits per heavy atom. The van der Waals surface area contributed by atoms with Gasteiger partial charge in [0.25, 0.3) is 0 Å². The molecule has 29 heavy (non-hydrogen) atoms. The van der Waals surface area contributed by atoms with E-state index in [1.54, 1.807) is 18.4 Å². The molecule has 1 aromatic heterocycles. The van der Waals surface area contributed by atoms with Crippen LogP contribution >= 0.6 is 11.3 Å². The van der Waals surface area contributed by atoms with Gasteiger partial charge < -0.3 is 9.47 Å². The fourth-order valence-corrected chi connectivity index (χ4v) is 4.30. The van der Waals surface area contributed by atoms with Gasteiger partial charge in [-0.25, -0.2) is 4.68 Å². The van der Waals surface area contributed by atoms with E-state index in [4.69, 9.17) is 14.6 Å². The Balaban J connectivity index is 1.66. The Hall–Kier alpha value is -3.38. The summed E-state index contributed by atoms with van der Waals surface area (Å²) in [5.41, 5.74) is 4.01. The second-order valence-electron chi connectivity index (χ2n) is 6.72. The molecule has 0 saturated carbocycles. The van der Waals surface area contributed by atoms with Crippen molar-refractivity contribution in [3.8, 4) is 22.8 Å². The van der Waals surface area contributed by atoms with Crippen molar-refractivity contribution in [1.82, 2.24) is 4.68 Å². The summed E-state index contributed by atoms with van der Waals surface area (Å²) < 4.78 is 12.8. The molecule has 0 bridgehead atoms. The summed E-state index contributed by atoms with van der Waals surface area (Å²) >= 11 is 1.58. The van der Waals surface area contributed by atoms with Gasteiger partial charge in [-0.05, 0) is 35.9 Å². The third-order valence-electron chi connectivity index (χ3n) is 4.98. The van der Waals surface area contributed by atoms with Gasteiger partial charge in [0, 0.05) is 23.6 Å². The summed E-state index contributed by atoms with van der Waals surface area (Å²) in [6.45, 7) is 2.26. The van der Waals surface area contributed by atoms with Gasteiger partial charge in [0.05, 0.1) is 11.4 Å². The number of nitrogens with zero attached hydrogens (tertiary/aromatic N) is 3. The maximum atomic E-state index is 5.51. The largest absolute Gasteiger partial charge is 0.454 e. The monoisotopic (exact) mass is 401 g/mol. The third-order valence-corrected chi connectivity index (χ3v) is 5.89. The quantitative estimate of drug-likeness (QED) is 0.459. The second kappa shape index (κ2) is 7.22. The van der Waals surface area contributed by atoms with E-state index in [1.165, 1.54) is 10.8 Å². The Morgan fingerprint density at radius 2 is 1.83 bits per heavy atom. The van der Waals surface area contributed by atoms with Crippen LogP contribution in [0.15, 0.2) is 76.1 Å². The number of fused-ring (bicyclic) bond motifs is 2. The standard InChI is InChI=1S/C23H19N3O2S/c1-15(17-10-11-21-22(12-17)28-14-27-21)25-26-20(13-29-23(26)24-2)19-9-5-7-16-6-3-4-8-18(16)19/h3-13H,14H2,1-2H3. The fraction of sp³-hybridized carbons (Fsp3) is 0.130. The Bertz CT molecular complexity index is 1310. The van der Waals surface area contributed by atoms with E-state index in [0.29, 0.717) is 0 Å². The zero-order chi connectivity index (χ0) is 19.8.